The van der Waals surface area contributed by atoms with Gasteiger partial charge in [-0.2, -0.15) is 0 Å². The Bertz CT molecular complexity index is 447. The van der Waals surface area contributed by atoms with Gasteiger partial charge in [0, 0.05) is 0 Å². The summed E-state index contributed by atoms with van der Waals surface area (Å²) in [6, 6.07) is 0.629. The number of imidazole rings is 1. The summed E-state index contributed by atoms with van der Waals surface area (Å²) in [6.45, 7) is 12.8. The molecule has 1 unspecified atom stereocenters. The van der Waals surface area contributed by atoms with E-state index in [2.05, 4.69) is 56.1 Å². The predicted octanol–water partition coefficient (Wildman–Crippen LogP) is 7.57. The highest BCUT2D eigenvalue weighted by molar-refractivity contribution is 4.92. The monoisotopic (exact) mass is 363 g/mol. The molecule has 0 amide bonds. The molecule has 152 valence electrons. The number of unbranched alkanes of at least 4 members (excludes halogenated alkanes) is 10. The summed E-state index contributed by atoms with van der Waals surface area (Å²) in [5, 5.41) is 0. The van der Waals surface area contributed by atoms with E-state index in [-0.39, 0.29) is 0 Å². The Kier molecular flexibility index (Phi) is 12.8. The Labute approximate surface area is 164 Å². The highest BCUT2D eigenvalue weighted by atomic mass is 15.2. The minimum Gasteiger partial charge on any atom is -0.234 e. The average Bonchev–Trinajstić information content (AvgIpc) is 3.04. The van der Waals surface area contributed by atoms with Crippen LogP contribution in [0.4, 0.5) is 0 Å². The Balaban J connectivity index is 2.18. The van der Waals surface area contributed by atoms with Gasteiger partial charge in [-0.15, -0.1) is 0 Å². The summed E-state index contributed by atoms with van der Waals surface area (Å²) < 4.78 is 5.00. The lowest BCUT2D eigenvalue weighted by Crippen LogP contribution is -2.38. The second-order valence-corrected chi connectivity index (χ2v) is 8.58. The lowest BCUT2D eigenvalue weighted by molar-refractivity contribution is -0.705. The number of aryl methyl sites for hydroxylation is 1. The number of nitrogens with zero attached hydrogens (tertiary/aromatic N) is 2. The highest BCUT2D eigenvalue weighted by Gasteiger charge is 2.23. The average molecular weight is 364 g/mol. The van der Waals surface area contributed by atoms with Gasteiger partial charge in [-0.05, 0) is 26.2 Å². The normalized spacial score (nSPS) is 12.8. The fourth-order valence-electron chi connectivity index (χ4n) is 4.13. The van der Waals surface area contributed by atoms with E-state index in [0.717, 1.165) is 6.54 Å². The number of hydrogen-bond acceptors (Lipinski definition) is 0. The third-order valence-corrected chi connectivity index (χ3v) is 5.65. The van der Waals surface area contributed by atoms with E-state index in [0.29, 0.717) is 12.0 Å². The third kappa shape index (κ3) is 8.73. The quantitative estimate of drug-likeness (QED) is 0.211. The molecule has 0 bridgehead atoms. The molecule has 0 radical (unpaired) electrons. The molecule has 0 N–H and O–H groups in total. The molecule has 1 aromatic rings. The summed E-state index contributed by atoms with van der Waals surface area (Å²) in [6.07, 6.45) is 22.8. The van der Waals surface area contributed by atoms with Crippen molar-refractivity contribution in [2.24, 2.45) is 0 Å². The lowest BCUT2D eigenvalue weighted by Gasteiger charge is -2.13. The first-order chi connectivity index (χ1) is 12.6. The van der Waals surface area contributed by atoms with Crippen molar-refractivity contribution in [3.05, 3.63) is 18.2 Å². The number of aromatic nitrogens is 2. The van der Waals surface area contributed by atoms with E-state index < -0.39 is 0 Å². The predicted molar refractivity (Wildman–Crippen MR) is 115 cm³/mol. The van der Waals surface area contributed by atoms with Crippen molar-refractivity contribution in [1.82, 2.24) is 4.57 Å². The molecule has 0 saturated carbocycles. The van der Waals surface area contributed by atoms with Gasteiger partial charge in [0.25, 0.3) is 5.82 Å². The van der Waals surface area contributed by atoms with Gasteiger partial charge in [0.05, 0.1) is 18.5 Å². The van der Waals surface area contributed by atoms with Crippen LogP contribution in [0.1, 0.15) is 136 Å². The van der Waals surface area contributed by atoms with Crippen LogP contribution in [0.25, 0.3) is 0 Å². The van der Waals surface area contributed by atoms with Crippen molar-refractivity contribution in [3.8, 4) is 0 Å². The summed E-state index contributed by atoms with van der Waals surface area (Å²) in [7, 11) is 0. The van der Waals surface area contributed by atoms with Gasteiger partial charge < -0.3 is 0 Å². The Morgan fingerprint density at radius 1 is 0.769 bits per heavy atom. The van der Waals surface area contributed by atoms with Crippen LogP contribution in [-0.4, -0.2) is 4.57 Å². The van der Waals surface area contributed by atoms with Gasteiger partial charge in [-0.3, -0.25) is 0 Å². The van der Waals surface area contributed by atoms with Crippen LogP contribution in [-0.2, 0) is 6.54 Å². The van der Waals surface area contributed by atoms with Crippen molar-refractivity contribution in [3.63, 3.8) is 0 Å². The fraction of sp³-hybridized carbons (Fsp3) is 0.875. The second kappa shape index (κ2) is 14.3. The molecule has 0 spiro atoms. The summed E-state index contributed by atoms with van der Waals surface area (Å²) in [5.41, 5.74) is 0. The molecule has 2 heteroatoms. The summed E-state index contributed by atoms with van der Waals surface area (Å²) in [5.74, 6) is 2.10. The van der Waals surface area contributed by atoms with E-state index in [9.17, 15) is 0 Å². The van der Waals surface area contributed by atoms with Crippen molar-refractivity contribution in [2.75, 3.05) is 0 Å². The maximum Gasteiger partial charge on any atom is 0.259 e. The molecule has 26 heavy (non-hydrogen) atoms. The zero-order chi connectivity index (χ0) is 19.2. The molecule has 1 aromatic heterocycles. The van der Waals surface area contributed by atoms with E-state index >= 15 is 0 Å². The first kappa shape index (κ1) is 23.2. The Hall–Kier alpha value is -0.790. The van der Waals surface area contributed by atoms with Crippen LogP contribution in [0.5, 0.6) is 0 Å². The van der Waals surface area contributed by atoms with Gasteiger partial charge in [0.2, 0.25) is 0 Å². The first-order valence-corrected chi connectivity index (χ1v) is 11.7. The molecule has 0 fully saturated rings. The maximum atomic E-state index is 2.54. The number of rotatable bonds is 16. The zero-order valence-corrected chi connectivity index (χ0v) is 18.6. The van der Waals surface area contributed by atoms with E-state index in [1.807, 2.05) is 0 Å². The van der Waals surface area contributed by atoms with Crippen LogP contribution in [0.2, 0.25) is 0 Å². The van der Waals surface area contributed by atoms with Crippen LogP contribution >= 0.6 is 0 Å². The molecular weight excluding hydrogens is 316 g/mol. The van der Waals surface area contributed by atoms with Crippen LogP contribution in [0.3, 0.4) is 0 Å². The standard InChI is InChI=1S/C24H47N2/c1-6-8-9-10-11-12-13-14-15-16-17-18-23(5)26-21-20-25(19-7-2)24(26)22(3)4/h20-23H,6-19H2,1-5H3/q+1. The van der Waals surface area contributed by atoms with E-state index in [1.165, 1.54) is 89.3 Å². The molecule has 0 aromatic carbocycles. The summed E-state index contributed by atoms with van der Waals surface area (Å²) >= 11 is 0. The summed E-state index contributed by atoms with van der Waals surface area (Å²) in [4.78, 5) is 0. The van der Waals surface area contributed by atoms with Gasteiger partial charge >= 0.3 is 0 Å². The third-order valence-electron chi connectivity index (χ3n) is 5.65. The lowest BCUT2D eigenvalue weighted by atomic mass is 10.0. The van der Waals surface area contributed by atoms with Gasteiger partial charge in [0.15, 0.2) is 0 Å². The van der Waals surface area contributed by atoms with Gasteiger partial charge in [0.1, 0.15) is 12.4 Å². The smallest absolute Gasteiger partial charge is 0.234 e. The van der Waals surface area contributed by atoms with Crippen molar-refractivity contribution < 1.29 is 4.57 Å². The van der Waals surface area contributed by atoms with Crippen molar-refractivity contribution >= 4 is 0 Å². The van der Waals surface area contributed by atoms with Gasteiger partial charge in [-0.25, -0.2) is 9.13 Å². The molecule has 2 nitrogen and oxygen atoms in total. The molecule has 0 saturated heterocycles. The highest BCUT2D eigenvalue weighted by Crippen LogP contribution is 2.21. The molecule has 1 atom stereocenters. The Morgan fingerprint density at radius 3 is 1.81 bits per heavy atom. The van der Waals surface area contributed by atoms with Crippen LogP contribution < -0.4 is 4.57 Å². The van der Waals surface area contributed by atoms with Crippen molar-refractivity contribution in [1.29, 1.82) is 0 Å². The molecule has 1 rings (SSSR count). The second-order valence-electron chi connectivity index (χ2n) is 8.58. The maximum absolute atomic E-state index is 2.54. The molecular formula is C24H47N2+. The largest absolute Gasteiger partial charge is 0.259 e. The molecule has 0 aliphatic heterocycles. The van der Waals surface area contributed by atoms with E-state index in [4.69, 9.17) is 0 Å². The van der Waals surface area contributed by atoms with Gasteiger partial charge in [-0.1, -0.05) is 91.9 Å². The fourth-order valence-corrected chi connectivity index (χ4v) is 4.13. The van der Waals surface area contributed by atoms with Crippen LogP contribution in [0, 0.1) is 0 Å². The van der Waals surface area contributed by atoms with Crippen LogP contribution in [0.15, 0.2) is 12.4 Å². The molecule has 1 heterocycles. The van der Waals surface area contributed by atoms with Crippen molar-refractivity contribution in [2.45, 2.75) is 137 Å². The molecule has 0 aliphatic rings. The SMILES string of the molecule is CCCCCCCCCCCCCC(C)n1cc[n+](CCC)c1C(C)C. The zero-order valence-electron chi connectivity index (χ0n) is 18.6. The topological polar surface area (TPSA) is 8.81 Å². The number of hydrogen-bond donors (Lipinski definition) is 0. The molecule has 0 aliphatic carbocycles. The minimum absolute atomic E-state index is 0.594. The minimum atomic E-state index is 0.594. The van der Waals surface area contributed by atoms with E-state index in [1.54, 1.807) is 0 Å². The first-order valence-electron chi connectivity index (χ1n) is 11.7. The Morgan fingerprint density at radius 2 is 1.31 bits per heavy atom.